The van der Waals surface area contributed by atoms with Gasteiger partial charge in [-0.2, -0.15) is 13.2 Å². The van der Waals surface area contributed by atoms with Crippen LogP contribution in [0.5, 0.6) is 5.75 Å². The highest BCUT2D eigenvalue weighted by molar-refractivity contribution is 6.33. The van der Waals surface area contributed by atoms with Crippen molar-refractivity contribution in [3.8, 4) is 5.75 Å². The van der Waals surface area contributed by atoms with E-state index in [9.17, 15) is 32.7 Å². The zero-order valence-electron chi connectivity index (χ0n) is 26.3. The number of aryl methyl sites for hydroxylation is 1. The summed E-state index contributed by atoms with van der Waals surface area (Å²) < 4.78 is 41.0. The first kappa shape index (κ1) is 32.9. The van der Waals surface area contributed by atoms with Crippen LogP contribution in [0.1, 0.15) is 40.8 Å². The van der Waals surface area contributed by atoms with Crippen LogP contribution in [0.3, 0.4) is 0 Å². The summed E-state index contributed by atoms with van der Waals surface area (Å²) in [5, 5.41) is 12.7. The van der Waals surface area contributed by atoms with E-state index in [4.69, 9.17) is 11.6 Å². The molecule has 6 rings (SSSR count). The highest BCUT2D eigenvalue weighted by Gasteiger charge is 2.47. The van der Waals surface area contributed by atoms with Crippen molar-refractivity contribution < 1.29 is 27.9 Å². The number of rotatable bonds is 7. The number of aromatic hydroxyl groups is 1. The van der Waals surface area contributed by atoms with Crippen LogP contribution in [-0.4, -0.2) is 85.6 Å². The Balaban J connectivity index is 1.36. The SMILES string of the molecule is CCc1c(N2CC3CC2CN3C(=O)c2ncnc(C)c2O)c(=O)c2nc(N(C)C)cnc2n1CC(=O)Nc1ccc(C(F)(F)F)cc1Cl. The number of pyridine rings is 1. The first-order valence-electron chi connectivity index (χ1n) is 15.0. The van der Waals surface area contributed by atoms with Crippen molar-refractivity contribution in [1.29, 1.82) is 0 Å². The summed E-state index contributed by atoms with van der Waals surface area (Å²) in [7, 11) is 3.50. The zero-order valence-corrected chi connectivity index (χ0v) is 27.1. The molecule has 0 saturated carbocycles. The fourth-order valence-electron chi connectivity index (χ4n) is 6.34. The molecule has 5 heterocycles. The minimum atomic E-state index is -4.60. The maximum Gasteiger partial charge on any atom is 0.416 e. The fourth-order valence-corrected chi connectivity index (χ4v) is 6.57. The van der Waals surface area contributed by atoms with Crippen molar-refractivity contribution in [2.75, 3.05) is 42.3 Å². The standard InChI is InChI=1S/C31H31ClF3N9O4/c1-5-21-26(42-11-18-9-17(42)12-43(18)30(48)25-27(46)15(2)37-14-38-25)28(47)24-29(36-10-22(40-24)41(3)4)44(21)13-23(45)39-20-7-6-16(8-19(20)32)31(33,34)35/h6-8,10,14,17-18,46H,5,9,11-13H2,1-4H3,(H,39,45). The number of nitrogens with one attached hydrogen (secondary N) is 1. The molecule has 13 nitrogen and oxygen atoms in total. The minimum Gasteiger partial charge on any atom is -0.504 e. The third-order valence-corrected chi connectivity index (χ3v) is 9.00. The fraction of sp³-hybridized carbons (Fsp3) is 0.387. The summed E-state index contributed by atoms with van der Waals surface area (Å²) in [6.45, 7) is 3.63. The average molecular weight is 686 g/mol. The van der Waals surface area contributed by atoms with Gasteiger partial charge < -0.3 is 29.7 Å². The number of aromatic nitrogens is 5. The summed E-state index contributed by atoms with van der Waals surface area (Å²) in [5.41, 5.74) is -0.118. The number of hydrogen-bond acceptors (Lipinski definition) is 10. The van der Waals surface area contributed by atoms with E-state index >= 15 is 0 Å². The van der Waals surface area contributed by atoms with Crippen molar-refractivity contribution in [2.45, 2.75) is 51.5 Å². The molecule has 2 aliphatic heterocycles. The highest BCUT2D eigenvalue weighted by atomic mass is 35.5. The predicted octanol–water partition coefficient (Wildman–Crippen LogP) is 3.64. The zero-order chi connectivity index (χ0) is 34.7. The molecule has 2 unspecified atom stereocenters. The lowest BCUT2D eigenvalue weighted by molar-refractivity contribution is -0.137. The smallest absolute Gasteiger partial charge is 0.416 e. The number of anilines is 3. The molecule has 0 aliphatic carbocycles. The third-order valence-electron chi connectivity index (χ3n) is 8.69. The second-order valence-electron chi connectivity index (χ2n) is 11.9. The van der Waals surface area contributed by atoms with Gasteiger partial charge in [0.15, 0.2) is 22.6 Å². The number of alkyl halides is 3. The molecule has 1 aromatic carbocycles. The van der Waals surface area contributed by atoms with Crippen molar-refractivity contribution in [3.63, 3.8) is 0 Å². The van der Waals surface area contributed by atoms with Crippen molar-refractivity contribution in [3.05, 3.63) is 68.6 Å². The molecule has 2 amide bonds. The molecule has 0 radical (unpaired) electrons. The van der Waals surface area contributed by atoms with Gasteiger partial charge in [0.05, 0.1) is 34.2 Å². The van der Waals surface area contributed by atoms with Crippen LogP contribution in [0, 0.1) is 6.92 Å². The molecular formula is C31H31ClF3N9O4. The van der Waals surface area contributed by atoms with E-state index < -0.39 is 23.6 Å². The second-order valence-corrected chi connectivity index (χ2v) is 12.3. The lowest BCUT2D eigenvalue weighted by atomic mass is 10.1. The second kappa shape index (κ2) is 12.2. The Morgan fingerprint density at radius 1 is 1.15 bits per heavy atom. The Hall–Kier alpha value is -4.99. The van der Waals surface area contributed by atoms with Gasteiger partial charge in [-0.15, -0.1) is 0 Å². The summed E-state index contributed by atoms with van der Waals surface area (Å²) in [4.78, 5) is 63.3. The van der Waals surface area contributed by atoms with Crippen molar-refractivity contribution in [1.82, 2.24) is 29.4 Å². The van der Waals surface area contributed by atoms with E-state index in [-0.39, 0.29) is 69.6 Å². The molecule has 48 heavy (non-hydrogen) atoms. The van der Waals surface area contributed by atoms with Crippen LogP contribution in [0.4, 0.5) is 30.4 Å². The number of amides is 2. The van der Waals surface area contributed by atoms with Gasteiger partial charge in [0, 0.05) is 38.9 Å². The van der Waals surface area contributed by atoms with E-state index in [1.165, 1.54) is 12.5 Å². The highest BCUT2D eigenvalue weighted by Crippen LogP contribution is 2.38. The quantitative estimate of drug-likeness (QED) is 0.295. The van der Waals surface area contributed by atoms with Crippen LogP contribution in [0.2, 0.25) is 5.02 Å². The number of carbonyl (C=O) groups is 2. The topological polar surface area (TPSA) is 150 Å². The van der Waals surface area contributed by atoms with Gasteiger partial charge in [0.1, 0.15) is 24.4 Å². The molecule has 2 N–H and O–H groups in total. The molecule has 3 aromatic heterocycles. The van der Waals surface area contributed by atoms with Gasteiger partial charge in [-0.3, -0.25) is 14.4 Å². The molecule has 2 bridgehead atoms. The average Bonchev–Trinajstić information content (AvgIpc) is 3.65. The van der Waals surface area contributed by atoms with Crippen molar-refractivity contribution >= 4 is 51.8 Å². The summed E-state index contributed by atoms with van der Waals surface area (Å²) in [5.74, 6) is -0.904. The molecule has 2 saturated heterocycles. The van der Waals surface area contributed by atoms with Gasteiger partial charge in [0.25, 0.3) is 5.91 Å². The molecule has 4 aromatic rings. The maximum absolute atomic E-state index is 14.2. The molecule has 2 fully saturated rings. The van der Waals surface area contributed by atoms with Gasteiger partial charge in [-0.1, -0.05) is 18.5 Å². The van der Waals surface area contributed by atoms with Gasteiger partial charge >= 0.3 is 6.18 Å². The van der Waals surface area contributed by atoms with E-state index in [0.29, 0.717) is 36.6 Å². The van der Waals surface area contributed by atoms with Crippen LogP contribution in [0.25, 0.3) is 11.2 Å². The first-order chi connectivity index (χ1) is 22.7. The molecular weight excluding hydrogens is 655 g/mol. The largest absolute Gasteiger partial charge is 0.504 e. The number of piperazine rings is 1. The van der Waals surface area contributed by atoms with E-state index in [1.807, 2.05) is 11.8 Å². The number of hydrogen-bond donors (Lipinski definition) is 2. The van der Waals surface area contributed by atoms with E-state index in [0.717, 1.165) is 18.2 Å². The van der Waals surface area contributed by atoms with E-state index in [2.05, 4.69) is 25.3 Å². The number of likely N-dealkylation sites (tertiary alicyclic amines) is 1. The van der Waals surface area contributed by atoms with Crippen molar-refractivity contribution in [2.24, 2.45) is 0 Å². The first-order valence-corrected chi connectivity index (χ1v) is 15.4. The van der Waals surface area contributed by atoms with Crippen LogP contribution < -0.4 is 20.5 Å². The van der Waals surface area contributed by atoms with Crippen LogP contribution in [-0.2, 0) is 23.9 Å². The number of benzene rings is 1. The maximum atomic E-state index is 14.2. The summed E-state index contributed by atoms with van der Waals surface area (Å²) in [6.07, 6.45) is -1.02. The van der Waals surface area contributed by atoms with Gasteiger partial charge in [-0.05, 0) is 38.0 Å². The number of nitrogens with zero attached hydrogens (tertiary/aromatic N) is 8. The molecule has 252 valence electrons. The monoisotopic (exact) mass is 685 g/mol. The third kappa shape index (κ3) is 5.73. The Labute approximate surface area is 277 Å². The summed E-state index contributed by atoms with van der Waals surface area (Å²) in [6, 6.07) is 2.11. The number of halogens is 4. The normalized spacial score (nSPS) is 17.3. The van der Waals surface area contributed by atoms with Gasteiger partial charge in [-0.25, -0.2) is 19.9 Å². The van der Waals surface area contributed by atoms with Crippen LogP contribution >= 0.6 is 11.6 Å². The van der Waals surface area contributed by atoms with Crippen LogP contribution in [0.15, 0.2) is 35.5 Å². The van der Waals surface area contributed by atoms with Gasteiger partial charge in [0.2, 0.25) is 11.3 Å². The Bertz CT molecular complexity index is 2020. The number of fused-ring (bicyclic) bond motifs is 3. The molecule has 2 atom stereocenters. The van der Waals surface area contributed by atoms with E-state index in [1.54, 1.807) is 35.4 Å². The minimum absolute atomic E-state index is 0.00852. The predicted molar refractivity (Wildman–Crippen MR) is 172 cm³/mol. The lowest BCUT2D eigenvalue weighted by Gasteiger charge is -2.36. The molecule has 17 heteroatoms. The molecule has 0 spiro atoms. The lowest BCUT2D eigenvalue weighted by Crippen LogP contribution is -2.50. The molecule has 2 aliphatic rings. The summed E-state index contributed by atoms with van der Waals surface area (Å²) >= 11 is 6.10. The Morgan fingerprint density at radius 2 is 1.90 bits per heavy atom. The Morgan fingerprint density at radius 3 is 2.52 bits per heavy atom. The number of carbonyl (C=O) groups excluding carboxylic acids is 2. The Kier molecular flexibility index (Phi) is 8.39.